The number of ketones is 1. The second-order valence-corrected chi connectivity index (χ2v) is 7.60. The smallest absolute Gasteiger partial charge is 0.236 e. The quantitative estimate of drug-likeness (QED) is 0.669. The molecule has 6 heteroatoms. The Kier molecular flexibility index (Phi) is 6.85. The Morgan fingerprint density at radius 3 is 2.41 bits per heavy atom. The van der Waals surface area contributed by atoms with Crippen LogP contribution in [0.5, 0.6) is 5.75 Å². The molecule has 1 atom stereocenters. The number of nitrogens with zero attached hydrogens (tertiary/aromatic N) is 2. The molecular formula is C21H31N3O3. The summed E-state index contributed by atoms with van der Waals surface area (Å²) in [6.45, 7) is 6.68. The minimum absolute atomic E-state index is 0.178. The number of nitrogens with one attached hydrogen (secondary N) is 1. The minimum Gasteiger partial charge on any atom is -0.494 e. The number of piperazine rings is 1. The summed E-state index contributed by atoms with van der Waals surface area (Å²) in [5, 5.41) is 2.92. The molecule has 1 aromatic rings. The normalized spacial score (nSPS) is 19.0. The van der Waals surface area contributed by atoms with Gasteiger partial charge in [0.15, 0.2) is 5.78 Å². The number of Topliss-reactive ketones (excluding diaryl/α,β-unsaturated/α-hetero) is 1. The summed E-state index contributed by atoms with van der Waals surface area (Å²) in [6.07, 6.45) is 3.01. The van der Waals surface area contributed by atoms with E-state index in [2.05, 4.69) is 17.1 Å². The fourth-order valence-corrected chi connectivity index (χ4v) is 3.50. The number of hydrogen-bond acceptors (Lipinski definition) is 5. The van der Waals surface area contributed by atoms with Crippen molar-refractivity contribution in [2.45, 2.75) is 32.2 Å². The topological polar surface area (TPSA) is 61.9 Å². The van der Waals surface area contributed by atoms with E-state index in [-0.39, 0.29) is 17.6 Å². The third kappa shape index (κ3) is 5.53. The van der Waals surface area contributed by atoms with Gasteiger partial charge in [0, 0.05) is 43.7 Å². The molecule has 1 aliphatic carbocycles. The van der Waals surface area contributed by atoms with Gasteiger partial charge in [0.25, 0.3) is 0 Å². The first-order valence-corrected chi connectivity index (χ1v) is 10.0. The van der Waals surface area contributed by atoms with Crippen LogP contribution in [0.3, 0.4) is 0 Å². The molecule has 1 saturated heterocycles. The van der Waals surface area contributed by atoms with E-state index >= 15 is 0 Å². The van der Waals surface area contributed by atoms with Gasteiger partial charge >= 0.3 is 0 Å². The molecule has 0 bridgehead atoms. The second-order valence-electron chi connectivity index (χ2n) is 7.60. The average Bonchev–Trinajstić information content (AvgIpc) is 3.53. The lowest BCUT2D eigenvalue weighted by atomic mass is 10.1. The minimum atomic E-state index is 0.178. The van der Waals surface area contributed by atoms with Crippen molar-refractivity contribution in [1.29, 1.82) is 0 Å². The molecule has 148 valence electrons. The van der Waals surface area contributed by atoms with Crippen molar-refractivity contribution < 1.29 is 14.3 Å². The number of hydrogen-bond donors (Lipinski definition) is 1. The summed E-state index contributed by atoms with van der Waals surface area (Å²) in [5.41, 5.74) is 0.795. The van der Waals surface area contributed by atoms with E-state index < -0.39 is 0 Å². The molecule has 1 aliphatic heterocycles. The molecular weight excluding hydrogens is 342 g/mol. The van der Waals surface area contributed by atoms with Gasteiger partial charge in [-0.2, -0.15) is 0 Å². The monoisotopic (exact) mass is 373 g/mol. The number of carbonyl (C=O) groups excluding carboxylic acids is 2. The van der Waals surface area contributed by atoms with Gasteiger partial charge in [-0.25, -0.2) is 0 Å². The van der Waals surface area contributed by atoms with E-state index in [9.17, 15) is 9.59 Å². The zero-order valence-electron chi connectivity index (χ0n) is 16.4. The molecule has 0 spiro atoms. The Morgan fingerprint density at radius 2 is 1.81 bits per heavy atom. The fraction of sp³-hybridized carbons (Fsp3) is 0.619. The third-order valence-electron chi connectivity index (χ3n) is 5.51. The maximum Gasteiger partial charge on any atom is 0.236 e. The zero-order chi connectivity index (χ0) is 19.2. The lowest BCUT2D eigenvalue weighted by Crippen LogP contribution is -2.52. The first-order chi connectivity index (χ1) is 13.1. The molecule has 1 heterocycles. The fourth-order valence-electron chi connectivity index (χ4n) is 3.50. The SMILES string of the molecule is CNCC(=O)N1CCN([C@H](C)CCOc2ccc(C(=O)C3CC3)cc2)CC1. The van der Waals surface area contributed by atoms with Crippen molar-refractivity contribution in [2.75, 3.05) is 46.4 Å². The van der Waals surface area contributed by atoms with Crippen molar-refractivity contribution in [1.82, 2.24) is 15.1 Å². The van der Waals surface area contributed by atoms with Crippen molar-refractivity contribution in [3.8, 4) is 5.75 Å². The van der Waals surface area contributed by atoms with Crippen LogP contribution in [-0.2, 0) is 4.79 Å². The maximum atomic E-state index is 12.0. The highest BCUT2D eigenvalue weighted by Gasteiger charge is 2.30. The number of benzene rings is 1. The third-order valence-corrected chi connectivity index (χ3v) is 5.51. The van der Waals surface area contributed by atoms with E-state index in [1.54, 1.807) is 7.05 Å². The summed E-state index contributed by atoms with van der Waals surface area (Å²) in [4.78, 5) is 28.3. The van der Waals surface area contributed by atoms with Crippen LogP contribution in [-0.4, -0.2) is 73.9 Å². The van der Waals surface area contributed by atoms with Gasteiger partial charge in [-0.15, -0.1) is 0 Å². The first-order valence-electron chi connectivity index (χ1n) is 10.0. The standard InChI is InChI=1S/C21H31N3O3/c1-16(23-10-12-24(13-11-23)20(25)15-22-2)9-14-27-19-7-5-18(6-8-19)21(26)17-3-4-17/h5-8,16-17,22H,3-4,9-15H2,1-2H3/t16-/m1/s1. The van der Waals surface area contributed by atoms with Crippen LogP contribution >= 0.6 is 0 Å². The number of likely N-dealkylation sites (N-methyl/N-ethyl adjacent to an activating group) is 1. The maximum absolute atomic E-state index is 12.0. The molecule has 6 nitrogen and oxygen atoms in total. The van der Waals surface area contributed by atoms with Crippen LogP contribution in [0, 0.1) is 5.92 Å². The summed E-state index contributed by atoms with van der Waals surface area (Å²) >= 11 is 0. The lowest BCUT2D eigenvalue weighted by Gasteiger charge is -2.38. The highest BCUT2D eigenvalue weighted by Crippen LogP contribution is 2.32. The molecule has 2 aliphatic rings. The Labute approximate surface area is 161 Å². The predicted molar refractivity (Wildman–Crippen MR) is 105 cm³/mol. The van der Waals surface area contributed by atoms with E-state index in [0.29, 0.717) is 19.2 Å². The predicted octanol–water partition coefficient (Wildman–Crippen LogP) is 1.80. The van der Waals surface area contributed by atoms with Crippen molar-refractivity contribution in [3.05, 3.63) is 29.8 Å². The van der Waals surface area contributed by atoms with Crippen molar-refractivity contribution >= 4 is 11.7 Å². The van der Waals surface area contributed by atoms with Gasteiger partial charge in [0.05, 0.1) is 13.2 Å². The van der Waals surface area contributed by atoms with E-state index in [4.69, 9.17) is 4.74 Å². The van der Waals surface area contributed by atoms with Gasteiger partial charge in [-0.1, -0.05) is 0 Å². The molecule has 0 radical (unpaired) electrons. The van der Waals surface area contributed by atoms with E-state index in [1.165, 1.54) is 0 Å². The highest BCUT2D eigenvalue weighted by atomic mass is 16.5. The molecule has 3 rings (SSSR count). The molecule has 1 amide bonds. The van der Waals surface area contributed by atoms with Crippen molar-refractivity contribution in [3.63, 3.8) is 0 Å². The average molecular weight is 373 g/mol. The van der Waals surface area contributed by atoms with Gasteiger partial charge in [-0.3, -0.25) is 14.5 Å². The van der Waals surface area contributed by atoms with Crippen LogP contribution in [0.25, 0.3) is 0 Å². The van der Waals surface area contributed by atoms with Crippen LogP contribution < -0.4 is 10.1 Å². The summed E-state index contributed by atoms with van der Waals surface area (Å²) in [6, 6.07) is 7.96. The lowest BCUT2D eigenvalue weighted by molar-refractivity contribution is -0.132. The molecule has 2 fully saturated rings. The number of rotatable bonds is 9. The number of carbonyl (C=O) groups is 2. The number of ether oxygens (including phenoxy) is 1. The molecule has 0 unspecified atom stereocenters. The Bertz CT molecular complexity index is 635. The molecule has 1 aromatic carbocycles. The Balaban J connectivity index is 1.36. The zero-order valence-corrected chi connectivity index (χ0v) is 16.4. The summed E-state index contributed by atoms with van der Waals surface area (Å²) in [7, 11) is 1.80. The Morgan fingerprint density at radius 1 is 1.15 bits per heavy atom. The van der Waals surface area contributed by atoms with Crippen molar-refractivity contribution in [2.24, 2.45) is 5.92 Å². The summed E-state index contributed by atoms with van der Waals surface area (Å²) < 4.78 is 5.86. The van der Waals surface area contributed by atoms with E-state index in [0.717, 1.165) is 56.8 Å². The molecule has 1 saturated carbocycles. The van der Waals surface area contributed by atoms with Gasteiger partial charge in [0.1, 0.15) is 5.75 Å². The van der Waals surface area contributed by atoms with Crippen LogP contribution in [0.2, 0.25) is 0 Å². The molecule has 0 aromatic heterocycles. The number of amides is 1. The van der Waals surface area contributed by atoms with Gasteiger partial charge < -0.3 is 15.0 Å². The van der Waals surface area contributed by atoms with Gasteiger partial charge in [-0.05, 0) is 57.5 Å². The van der Waals surface area contributed by atoms with E-state index in [1.807, 2.05) is 29.2 Å². The summed E-state index contributed by atoms with van der Waals surface area (Å²) in [5.74, 6) is 1.52. The molecule has 27 heavy (non-hydrogen) atoms. The first kappa shape index (κ1) is 19.8. The van der Waals surface area contributed by atoms with Crippen LogP contribution in [0.15, 0.2) is 24.3 Å². The van der Waals surface area contributed by atoms with Crippen LogP contribution in [0.4, 0.5) is 0 Å². The second kappa shape index (κ2) is 9.33. The van der Waals surface area contributed by atoms with Crippen LogP contribution in [0.1, 0.15) is 36.5 Å². The Hall–Kier alpha value is -1.92. The highest BCUT2D eigenvalue weighted by molar-refractivity contribution is 5.99. The largest absolute Gasteiger partial charge is 0.494 e. The van der Waals surface area contributed by atoms with Gasteiger partial charge in [0.2, 0.25) is 5.91 Å². The molecule has 1 N–H and O–H groups in total.